The quantitative estimate of drug-likeness (QED) is 0.771. The van der Waals surface area contributed by atoms with Crippen LogP contribution in [-0.2, 0) is 6.42 Å². The average molecular weight is 332 g/mol. The van der Waals surface area contributed by atoms with E-state index in [4.69, 9.17) is 0 Å². The van der Waals surface area contributed by atoms with Gasteiger partial charge in [-0.3, -0.25) is 9.59 Å². The van der Waals surface area contributed by atoms with Gasteiger partial charge in [-0.15, -0.1) is 0 Å². The van der Waals surface area contributed by atoms with Crippen molar-refractivity contribution in [1.82, 2.24) is 4.57 Å². The van der Waals surface area contributed by atoms with Crippen LogP contribution < -0.4 is 10.7 Å². The summed E-state index contributed by atoms with van der Waals surface area (Å²) in [6.07, 6.45) is 2.60. The van der Waals surface area contributed by atoms with E-state index in [0.717, 1.165) is 23.1 Å². The number of nitrogens with zero attached hydrogens (tertiary/aromatic N) is 1. The van der Waals surface area contributed by atoms with Crippen LogP contribution in [-0.4, -0.2) is 10.5 Å². The first-order valence-electron chi connectivity index (χ1n) is 8.50. The molecule has 4 heteroatoms. The number of hydrogen-bond acceptors (Lipinski definition) is 2. The molecule has 1 N–H and O–H groups in total. The molecule has 0 saturated heterocycles. The van der Waals surface area contributed by atoms with E-state index < -0.39 is 0 Å². The normalized spacial score (nSPS) is 15.6. The minimum absolute atomic E-state index is 0.192. The largest absolute Gasteiger partial charge is 0.343 e. The zero-order valence-corrected chi connectivity index (χ0v) is 14.6. The third kappa shape index (κ3) is 2.54. The molecule has 4 nitrogen and oxygen atoms in total. The summed E-state index contributed by atoms with van der Waals surface area (Å²) in [5.74, 6) is -0.356. The maximum absolute atomic E-state index is 12.9. The Morgan fingerprint density at radius 3 is 2.60 bits per heavy atom. The van der Waals surface area contributed by atoms with Gasteiger partial charge >= 0.3 is 0 Å². The maximum atomic E-state index is 12.9. The molecule has 0 fully saturated rings. The van der Waals surface area contributed by atoms with Gasteiger partial charge in [-0.25, -0.2) is 0 Å². The van der Waals surface area contributed by atoms with Crippen molar-refractivity contribution in [2.24, 2.45) is 0 Å². The molecule has 2 aromatic carbocycles. The molecule has 0 bridgehead atoms. The highest BCUT2D eigenvalue weighted by Crippen LogP contribution is 2.31. The standard InChI is InChI=1S/C21H20N2O2/c1-12-7-13(2)9-16(8-12)22-21(25)18-11-23-14(3)10-15-5-4-6-17(19(15)23)20(18)24/h4-9,11,14H,10H2,1-3H3,(H,22,25)/t14-/m0/s1. The number of rotatable bonds is 2. The van der Waals surface area contributed by atoms with E-state index in [1.165, 1.54) is 5.56 Å². The minimum atomic E-state index is -0.356. The smallest absolute Gasteiger partial charge is 0.261 e. The molecule has 1 aliphatic heterocycles. The molecule has 1 aliphatic rings. The second kappa shape index (κ2) is 5.59. The topological polar surface area (TPSA) is 51.1 Å². The SMILES string of the molecule is Cc1cc(C)cc(NC(=O)c2cn3c4c(cccc4c2=O)C[C@@H]3C)c1. The molecule has 25 heavy (non-hydrogen) atoms. The Balaban J connectivity index is 1.81. The summed E-state index contributed by atoms with van der Waals surface area (Å²) in [4.78, 5) is 25.6. The van der Waals surface area contributed by atoms with Crippen molar-refractivity contribution in [2.75, 3.05) is 5.32 Å². The van der Waals surface area contributed by atoms with E-state index in [2.05, 4.69) is 22.9 Å². The van der Waals surface area contributed by atoms with Crippen molar-refractivity contribution in [3.05, 3.63) is 75.1 Å². The van der Waals surface area contributed by atoms with Crippen LogP contribution in [0.25, 0.3) is 10.9 Å². The lowest BCUT2D eigenvalue weighted by Crippen LogP contribution is -2.23. The predicted octanol–water partition coefficient (Wildman–Crippen LogP) is 3.99. The molecule has 1 aromatic heterocycles. The number of aromatic nitrogens is 1. The van der Waals surface area contributed by atoms with Crippen molar-refractivity contribution >= 4 is 22.5 Å². The number of carbonyl (C=O) groups excluding carboxylic acids is 1. The highest BCUT2D eigenvalue weighted by molar-refractivity contribution is 6.06. The van der Waals surface area contributed by atoms with Crippen LogP contribution in [0.4, 0.5) is 5.69 Å². The highest BCUT2D eigenvalue weighted by Gasteiger charge is 2.24. The van der Waals surface area contributed by atoms with Crippen LogP contribution in [0.5, 0.6) is 0 Å². The third-order valence-corrected chi connectivity index (χ3v) is 4.85. The number of para-hydroxylation sites is 1. The van der Waals surface area contributed by atoms with Gasteiger partial charge in [0.15, 0.2) is 0 Å². The van der Waals surface area contributed by atoms with Gasteiger partial charge in [-0.2, -0.15) is 0 Å². The molecule has 0 unspecified atom stereocenters. The van der Waals surface area contributed by atoms with E-state index in [1.54, 1.807) is 6.20 Å². The minimum Gasteiger partial charge on any atom is -0.343 e. The number of carbonyl (C=O) groups is 1. The number of aryl methyl sites for hydroxylation is 2. The van der Waals surface area contributed by atoms with Crippen LogP contribution in [0.3, 0.4) is 0 Å². The Hall–Kier alpha value is -2.88. The molecule has 1 atom stereocenters. The summed E-state index contributed by atoms with van der Waals surface area (Å²) in [7, 11) is 0. The first kappa shape index (κ1) is 15.6. The van der Waals surface area contributed by atoms with Gasteiger partial charge in [0, 0.05) is 23.3 Å². The van der Waals surface area contributed by atoms with Crippen molar-refractivity contribution < 1.29 is 4.79 Å². The second-order valence-corrected chi connectivity index (χ2v) is 6.98. The van der Waals surface area contributed by atoms with Crippen molar-refractivity contribution in [3.8, 4) is 0 Å². The zero-order chi connectivity index (χ0) is 17.7. The van der Waals surface area contributed by atoms with Gasteiger partial charge < -0.3 is 9.88 Å². The molecular weight excluding hydrogens is 312 g/mol. The molecule has 4 rings (SSSR count). The van der Waals surface area contributed by atoms with Gasteiger partial charge in [0.05, 0.1) is 5.52 Å². The molecule has 0 radical (unpaired) electrons. The summed E-state index contributed by atoms with van der Waals surface area (Å²) in [6.45, 7) is 6.07. The van der Waals surface area contributed by atoms with E-state index in [0.29, 0.717) is 11.1 Å². The van der Waals surface area contributed by atoms with Gasteiger partial charge in [0.2, 0.25) is 5.43 Å². The van der Waals surface area contributed by atoms with E-state index >= 15 is 0 Å². The predicted molar refractivity (Wildman–Crippen MR) is 100 cm³/mol. The van der Waals surface area contributed by atoms with Crippen molar-refractivity contribution in [2.45, 2.75) is 33.2 Å². The lowest BCUT2D eigenvalue weighted by molar-refractivity contribution is 0.102. The summed E-state index contributed by atoms with van der Waals surface area (Å²) in [6, 6.07) is 11.9. The van der Waals surface area contributed by atoms with Crippen LogP contribution in [0.1, 0.15) is 40.0 Å². The summed E-state index contributed by atoms with van der Waals surface area (Å²) in [5.41, 5.74) is 4.97. The Labute approximate surface area is 146 Å². The average Bonchev–Trinajstić information content (AvgIpc) is 2.86. The number of nitrogens with one attached hydrogen (secondary N) is 1. The molecule has 0 saturated carbocycles. The molecule has 0 aliphatic carbocycles. The van der Waals surface area contributed by atoms with E-state index in [-0.39, 0.29) is 22.9 Å². The fourth-order valence-corrected chi connectivity index (χ4v) is 3.82. The zero-order valence-electron chi connectivity index (χ0n) is 14.6. The van der Waals surface area contributed by atoms with Gasteiger partial charge in [0.25, 0.3) is 5.91 Å². The number of pyridine rings is 1. The Morgan fingerprint density at radius 2 is 1.88 bits per heavy atom. The number of hydrogen-bond donors (Lipinski definition) is 1. The van der Waals surface area contributed by atoms with E-state index in [1.807, 2.05) is 44.2 Å². The number of anilines is 1. The lowest BCUT2D eigenvalue weighted by Gasteiger charge is -2.13. The first-order chi connectivity index (χ1) is 11.9. The lowest BCUT2D eigenvalue weighted by atomic mass is 10.1. The third-order valence-electron chi connectivity index (χ3n) is 4.85. The maximum Gasteiger partial charge on any atom is 0.261 e. The van der Waals surface area contributed by atoms with Crippen molar-refractivity contribution in [3.63, 3.8) is 0 Å². The van der Waals surface area contributed by atoms with Gasteiger partial charge in [-0.1, -0.05) is 18.2 Å². The number of amides is 1. The molecule has 2 heterocycles. The van der Waals surface area contributed by atoms with Gasteiger partial charge in [-0.05, 0) is 62.1 Å². The highest BCUT2D eigenvalue weighted by atomic mass is 16.2. The van der Waals surface area contributed by atoms with Crippen LogP contribution in [0, 0.1) is 13.8 Å². The van der Waals surface area contributed by atoms with Crippen LogP contribution in [0.15, 0.2) is 47.4 Å². The first-order valence-corrected chi connectivity index (χ1v) is 8.50. The molecule has 126 valence electrons. The fraction of sp³-hybridized carbons (Fsp3) is 0.238. The monoisotopic (exact) mass is 332 g/mol. The Kier molecular flexibility index (Phi) is 3.49. The fourth-order valence-electron chi connectivity index (χ4n) is 3.82. The molecule has 1 amide bonds. The van der Waals surface area contributed by atoms with Crippen molar-refractivity contribution in [1.29, 1.82) is 0 Å². The number of benzene rings is 2. The molecule has 3 aromatic rings. The second-order valence-electron chi connectivity index (χ2n) is 6.98. The van der Waals surface area contributed by atoms with Gasteiger partial charge in [0.1, 0.15) is 5.56 Å². The van der Waals surface area contributed by atoms with Crippen LogP contribution in [0.2, 0.25) is 0 Å². The Morgan fingerprint density at radius 1 is 1.16 bits per heavy atom. The Bertz CT molecular complexity index is 1060. The van der Waals surface area contributed by atoms with E-state index in [9.17, 15) is 9.59 Å². The summed E-state index contributed by atoms with van der Waals surface area (Å²) in [5, 5.41) is 3.50. The van der Waals surface area contributed by atoms with Crippen LogP contribution >= 0.6 is 0 Å². The molecule has 0 spiro atoms. The summed E-state index contributed by atoms with van der Waals surface area (Å²) < 4.78 is 2.06. The summed E-state index contributed by atoms with van der Waals surface area (Å²) >= 11 is 0. The molecular formula is C21H20N2O2.